The number of carbonyl (C=O) groups excluding carboxylic acids is 2. The summed E-state index contributed by atoms with van der Waals surface area (Å²) in [5, 5.41) is 6.32. The molecule has 2 aliphatic rings. The van der Waals surface area contributed by atoms with E-state index in [2.05, 4.69) is 10.6 Å². The fraction of sp³-hybridized carbons (Fsp3) is 0.619. The summed E-state index contributed by atoms with van der Waals surface area (Å²) < 4.78 is 0. The van der Waals surface area contributed by atoms with Crippen LogP contribution in [0.25, 0.3) is 0 Å². The maximum Gasteiger partial charge on any atom is 0.251 e. The Bertz CT molecular complexity index is 586. The highest BCUT2D eigenvalue weighted by Crippen LogP contribution is 2.18. The quantitative estimate of drug-likeness (QED) is 0.847. The van der Waals surface area contributed by atoms with Crippen LogP contribution in [0.4, 0.5) is 5.69 Å². The van der Waals surface area contributed by atoms with E-state index in [1.807, 2.05) is 29.2 Å². The number of nitrogens with one attached hydrogen (secondary N) is 2. The maximum atomic E-state index is 12.3. The minimum atomic E-state index is 0.00379. The van der Waals surface area contributed by atoms with Crippen molar-refractivity contribution in [3.63, 3.8) is 0 Å². The number of likely N-dealkylation sites (tertiary alicyclic amines) is 1. The monoisotopic (exact) mass is 357 g/mol. The van der Waals surface area contributed by atoms with Gasteiger partial charge in [0.1, 0.15) is 0 Å². The summed E-state index contributed by atoms with van der Waals surface area (Å²) in [6.45, 7) is 2.06. The number of hydrogen-bond donors (Lipinski definition) is 2. The van der Waals surface area contributed by atoms with Crippen molar-refractivity contribution in [2.75, 3.05) is 25.0 Å². The van der Waals surface area contributed by atoms with E-state index < -0.39 is 0 Å². The van der Waals surface area contributed by atoms with Crippen LogP contribution in [0, 0.1) is 0 Å². The Kier molecular flexibility index (Phi) is 6.92. The molecule has 2 amide bonds. The van der Waals surface area contributed by atoms with E-state index in [1.165, 1.54) is 32.1 Å². The molecule has 0 unspecified atom stereocenters. The predicted octanol–water partition coefficient (Wildman–Crippen LogP) is 3.56. The molecule has 2 fully saturated rings. The van der Waals surface area contributed by atoms with Gasteiger partial charge >= 0.3 is 0 Å². The van der Waals surface area contributed by atoms with Crippen molar-refractivity contribution in [1.82, 2.24) is 10.2 Å². The number of benzene rings is 1. The zero-order chi connectivity index (χ0) is 18.2. The van der Waals surface area contributed by atoms with E-state index in [0.717, 1.165) is 44.5 Å². The first-order chi connectivity index (χ1) is 12.7. The Morgan fingerprint density at radius 1 is 0.885 bits per heavy atom. The molecule has 2 N–H and O–H groups in total. The molecule has 26 heavy (non-hydrogen) atoms. The minimum Gasteiger partial charge on any atom is -0.376 e. The Balaban J connectivity index is 1.46. The molecule has 1 aliphatic heterocycles. The van der Waals surface area contributed by atoms with E-state index >= 15 is 0 Å². The maximum absolute atomic E-state index is 12.3. The molecular formula is C21H31N3O2. The lowest BCUT2D eigenvalue weighted by atomic mass is 9.95. The van der Waals surface area contributed by atoms with Crippen LogP contribution in [-0.2, 0) is 4.79 Å². The van der Waals surface area contributed by atoms with Gasteiger partial charge in [0.05, 0.1) is 6.54 Å². The number of anilines is 1. The number of rotatable bonds is 5. The first kappa shape index (κ1) is 18.7. The van der Waals surface area contributed by atoms with Crippen molar-refractivity contribution in [2.24, 2.45) is 0 Å². The van der Waals surface area contributed by atoms with Gasteiger partial charge in [0.2, 0.25) is 5.91 Å². The fourth-order valence-corrected chi connectivity index (χ4v) is 3.86. The Morgan fingerprint density at radius 2 is 1.50 bits per heavy atom. The lowest BCUT2D eigenvalue weighted by Gasteiger charge is -2.22. The third kappa shape index (κ3) is 5.48. The topological polar surface area (TPSA) is 61.4 Å². The average molecular weight is 357 g/mol. The number of carbonyl (C=O) groups is 2. The molecule has 1 aliphatic carbocycles. The predicted molar refractivity (Wildman–Crippen MR) is 104 cm³/mol. The highest BCUT2D eigenvalue weighted by atomic mass is 16.2. The van der Waals surface area contributed by atoms with Crippen molar-refractivity contribution in [3.8, 4) is 0 Å². The van der Waals surface area contributed by atoms with Crippen LogP contribution in [-0.4, -0.2) is 42.4 Å². The van der Waals surface area contributed by atoms with Crippen molar-refractivity contribution >= 4 is 17.5 Å². The Labute approximate surface area is 156 Å². The highest BCUT2D eigenvalue weighted by Gasteiger charge is 2.17. The van der Waals surface area contributed by atoms with E-state index in [4.69, 9.17) is 0 Å². The van der Waals surface area contributed by atoms with E-state index in [9.17, 15) is 9.59 Å². The Morgan fingerprint density at radius 3 is 2.15 bits per heavy atom. The molecule has 0 radical (unpaired) electrons. The SMILES string of the molecule is O=C(NC1CCCCC1)c1ccc(NCC(=O)N2CCCCCC2)cc1. The molecular weight excluding hydrogens is 326 g/mol. The van der Waals surface area contributed by atoms with Crippen LogP contribution >= 0.6 is 0 Å². The van der Waals surface area contributed by atoms with Crippen molar-refractivity contribution < 1.29 is 9.59 Å². The van der Waals surface area contributed by atoms with Crippen LogP contribution in [0.15, 0.2) is 24.3 Å². The van der Waals surface area contributed by atoms with Gasteiger partial charge in [-0.1, -0.05) is 32.1 Å². The second-order valence-corrected chi connectivity index (χ2v) is 7.53. The van der Waals surface area contributed by atoms with E-state index in [-0.39, 0.29) is 11.8 Å². The molecule has 3 rings (SSSR count). The molecule has 0 spiro atoms. The van der Waals surface area contributed by atoms with Gasteiger partial charge in [-0.2, -0.15) is 0 Å². The standard InChI is InChI=1S/C21H31N3O2/c25-20(24-14-6-1-2-7-15-24)16-22-18-12-10-17(11-13-18)21(26)23-19-8-4-3-5-9-19/h10-13,19,22H,1-9,14-16H2,(H,23,26). The van der Waals surface area contributed by atoms with Gasteiger partial charge < -0.3 is 15.5 Å². The molecule has 1 aromatic rings. The molecule has 0 atom stereocenters. The van der Waals surface area contributed by atoms with Gasteiger partial charge in [0.25, 0.3) is 5.91 Å². The molecule has 1 saturated heterocycles. The summed E-state index contributed by atoms with van der Waals surface area (Å²) >= 11 is 0. The molecule has 1 heterocycles. The summed E-state index contributed by atoms with van der Waals surface area (Å²) in [6, 6.07) is 7.74. The van der Waals surface area contributed by atoms with Crippen molar-refractivity contribution in [3.05, 3.63) is 29.8 Å². The van der Waals surface area contributed by atoms with Crippen LogP contribution in [0.3, 0.4) is 0 Å². The first-order valence-electron chi connectivity index (χ1n) is 10.1. The zero-order valence-corrected chi connectivity index (χ0v) is 15.6. The van der Waals surface area contributed by atoms with Crippen LogP contribution in [0.2, 0.25) is 0 Å². The third-order valence-electron chi connectivity index (χ3n) is 5.49. The lowest BCUT2D eigenvalue weighted by molar-refractivity contribution is -0.129. The zero-order valence-electron chi connectivity index (χ0n) is 15.6. The molecule has 1 saturated carbocycles. The average Bonchev–Trinajstić information content (AvgIpc) is 2.97. The van der Waals surface area contributed by atoms with Crippen LogP contribution < -0.4 is 10.6 Å². The fourth-order valence-electron chi connectivity index (χ4n) is 3.86. The number of nitrogens with zero attached hydrogens (tertiary/aromatic N) is 1. The molecule has 5 nitrogen and oxygen atoms in total. The normalized spacial score (nSPS) is 18.8. The van der Waals surface area contributed by atoms with Gasteiger partial charge in [-0.3, -0.25) is 9.59 Å². The second-order valence-electron chi connectivity index (χ2n) is 7.53. The summed E-state index contributed by atoms with van der Waals surface area (Å²) in [7, 11) is 0. The van der Waals surface area contributed by atoms with Crippen LogP contribution in [0.1, 0.15) is 68.1 Å². The molecule has 142 valence electrons. The summed E-state index contributed by atoms with van der Waals surface area (Å²) in [5.74, 6) is 0.162. The highest BCUT2D eigenvalue weighted by molar-refractivity contribution is 5.94. The first-order valence-corrected chi connectivity index (χ1v) is 10.1. The second kappa shape index (κ2) is 9.60. The van der Waals surface area contributed by atoms with Crippen molar-refractivity contribution in [1.29, 1.82) is 0 Å². The summed E-state index contributed by atoms with van der Waals surface area (Å²) in [6.07, 6.45) is 10.5. The van der Waals surface area contributed by atoms with Crippen LogP contribution in [0.5, 0.6) is 0 Å². The summed E-state index contributed by atoms with van der Waals surface area (Å²) in [5.41, 5.74) is 1.56. The van der Waals surface area contributed by atoms with Gasteiger partial charge in [-0.15, -0.1) is 0 Å². The largest absolute Gasteiger partial charge is 0.376 e. The Hall–Kier alpha value is -2.04. The molecule has 0 bridgehead atoms. The van der Waals surface area contributed by atoms with Crippen molar-refractivity contribution in [2.45, 2.75) is 63.8 Å². The lowest BCUT2D eigenvalue weighted by Crippen LogP contribution is -2.36. The van der Waals surface area contributed by atoms with E-state index in [0.29, 0.717) is 18.2 Å². The van der Waals surface area contributed by atoms with Gasteiger partial charge in [-0.25, -0.2) is 0 Å². The molecule has 1 aromatic carbocycles. The molecule has 0 aromatic heterocycles. The number of hydrogen-bond acceptors (Lipinski definition) is 3. The minimum absolute atomic E-state index is 0.00379. The molecule has 5 heteroatoms. The smallest absolute Gasteiger partial charge is 0.251 e. The third-order valence-corrected chi connectivity index (χ3v) is 5.49. The van der Waals surface area contributed by atoms with Gasteiger partial charge in [0, 0.05) is 30.4 Å². The van der Waals surface area contributed by atoms with Gasteiger partial charge in [-0.05, 0) is 49.9 Å². The summed E-state index contributed by atoms with van der Waals surface area (Å²) in [4.78, 5) is 26.6. The van der Waals surface area contributed by atoms with E-state index in [1.54, 1.807) is 0 Å². The van der Waals surface area contributed by atoms with Gasteiger partial charge in [0.15, 0.2) is 0 Å². The number of amides is 2.